The smallest absolute Gasteiger partial charge is 0.251 e. The summed E-state index contributed by atoms with van der Waals surface area (Å²) in [6.07, 6.45) is 6.14. The Hall–Kier alpha value is -1.72. The number of nitrogen functional groups attached to an aromatic ring is 1. The molecular formula is C13H14Cl2N4O. The van der Waals surface area contributed by atoms with E-state index in [0.29, 0.717) is 17.8 Å². The number of halogens is 2. The number of aromatic nitrogens is 2. The molecule has 2 aromatic rings. The molecule has 3 N–H and O–H groups in total. The van der Waals surface area contributed by atoms with Gasteiger partial charge in [0.2, 0.25) is 0 Å². The Kier molecular flexibility index (Phi) is 4.87. The van der Waals surface area contributed by atoms with Crippen molar-refractivity contribution in [2.45, 2.75) is 13.0 Å². The minimum Gasteiger partial charge on any atom is -0.397 e. The van der Waals surface area contributed by atoms with Crippen molar-refractivity contribution in [3.8, 4) is 0 Å². The third-order valence-corrected chi connectivity index (χ3v) is 3.57. The molecule has 0 fully saturated rings. The molecule has 20 heavy (non-hydrogen) atoms. The Labute approximate surface area is 126 Å². The molecule has 5 nitrogen and oxygen atoms in total. The highest BCUT2D eigenvalue weighted by molar-refractivity contribution is 6.43. The highest BCUT2D eigenvalue weighted by Crippen LogP contribution is 2.29. The fourth-order valence-electron chi connectivity index (χ4n) is 1.73. The SMILES string of the molecule is Nc1cc(C(=O)NCCCn2ccnc2)cc(Cl)c1Cl. The number of carbonyl (C=O) groups excluding carboxylic acids is 1. The van der Waals surface area contributed by atoms with Crippen LogP contribution in [0.25, 0.3) is 0 Å². The van der Waals surface area contributed by atoms with E-state index in [1.54, 1.807) is 12.5 Å². The van der Waals surface area contributed by atoms with Gasteiger partial charge in [-0.3, -0.25) is 4.79 Å². The maximum Gasteiger partial charge on any atom is 0.251 e. The summed E-state index contributed by atoms with van der Waals surface area (Å²) in [6.45, 7) is 1.35. The minimum atomic E-state index is -0.221. The molecule has 0 aliphatic carbocycles. The first-order valence-corrected chi connectivity index (χ1v) is 6.82. The summed E-state index contributed by atoms with van der Waals surface area (Å²) in [4.78, 5) is 15.9. The Morgan fingerprint density at radius 1 is 1.40 bits per heavy atom. The lowest BCUT2D eigenvalue weighted by molar-refractivity contribution is 0.0953. The van der Waals surface area contributed by atoms with E-state index >= 15 is 0 Å². The van der Waals surface area contributed by atoms with Crippen molar-refractivity contribution in [2.75, 3.05) is 12.3 Å². The summed E-state index contributed by atoms with van der Waals surface area (Å²) < 4.78 is 1.95. The third-order valence-electron chi connectivity index (χ3n) is 2.76. The van der Waals surface area contributed by atoms with Crippen molar-refractivity contribution in [1.82, 2.24) is 14.9 Å². The maximum absolute atomic E-state index is 11.9. The molecule has 1 amide bonds. The van der Waals surface area contributed by atoms with Crippen LogP contribution in [0.15, 0.2) is 30.9 Å². The first-order valence-electron chi connectivity index (χ1n) is 6.06. The molecule has 0 saturated carbocycles. The molecule has 0 bridgehead atoms. The van der Waals surface area contributed by atoms with Crippen LogP contribution in [0.2, 0.25) is 10.0 Å². The zero-order chi connectivity index (χ0) is 14.5. The van der Waals surface area contributed by atoms with Gasteiger partial charge in [0.25, 0.3) is 5.91 Å². The van der Waals surface area contributed by atoms with Crippen LogP contribution in [0.3, 0.4) is 0 Å². The summed E-state index contributed by atoms with van der Waals surface area (Å²) in [6, 6.07) is 3.02. The second-order valence-electron chi connectivity index (χ2n) is 4.27. The van der Waals surface area contributed by atoms with Crippen molar-refractivity contribution in [3.05, 3.63) is 46.5 Å². The zero-order valence-corrected chi connectivity index (χ0v) is 12.2. The van der Waals surface area contributed by atoms with Gasteiger partial charge in [-0.1, -0.05) is 23.2 Å². The Morgan fingerprint density at radius 2 is 2.20 bits per heavy atom. The normalized spacial score (nSPS) is 10.5. The molecule has 7 heteroatoms. The van der Waals surface area contributed by atoms with Crippen molar-refractivity contribution in [3.63, 3.8) is 0 Å². The van der Waals surface area contributed by atoms with Gasteiger partial charge in [-0.2, -0.15) is 0 Å². The van der Waals surface area contributed by atoms with E-state index in [-0.39, 0.29) is 16.0 Å². The van der Waals surface area contributed by atoms with Gasteiger partial charge in [-0.05, 0) is 18.6 Å². The number of nitrogens with two attached hydrogens (primary N) is 1. The van der Waals surface area contributed by atoms with Gasteiger partial charge in [0.1, 0.15) is 0 Å². The van der Waals surface area contributed by atoms with E-state index in [1.165, 1.54) is 12.1 Å². The Balaban J connectivity index is 1.86. The van der Waals surface area contributed by atoms with Gasteiger partial charge in [0, 0.05) is 31.0 Å². The summed E-state index contributed by atoms with van der Waals surface area (Å²) in [5, 5.41) is 3.35. The molecule has 106 valence electrons. The number of amides is 1. The molecule has 0 saturated heterocycles. The Bertz CT molecular complexity index is 575. The number of anilines is 1. The number of aryl methyl sites for hydroxylation is 1. The molecule has 2 rings (SSSR count). The molecule has 0 aliphatic rings. The molecule has 1 heterocycles. The molecule has 0 unspecified atom stereocenters. The van der Waals surface area contributed by atoms with Crippen LogP contribution < -0.4 is 11.1 Å². The lowest BCUT2D eigenvalue weighted by Crippen LogP contribution is -2.25. The van der Waals surface area contributed by atoms with Crippen LogP contribution in [0.5, 0.6) is 0 Å². The molecule has 0 atom stereocenters. The molecule has 1 aromatic carbocycles. The second-order valence-corrected chi connectivity index (χ2v) is 5.06. The fourth-order valence-corrected chi connectivity index (χ4v) is 2.06. The lowest BCUT2D eigenvalue weighted by Gasteiger charge is -2.08. The number of rotatable bonds is 5. The predicted octanol–water partition coefficient (Wildman–Crippen LogP) is 2.59. The molecule has 0 spiro atoms. The number of imidazole rings is 1. The van der Waals surface area contributed by atoms with Gasteiger partial charge in [0.05, 0.1) is 22.1 Å². The number of nitrogens with zero attached hydrogens (tertiary/aromatic N) is 2. The molecule has 1 aromatic heterocycles. The maximum atomic E-state index is 11.9. The van der Waals surface area contributed by atoms with Crippen LogP contribution in [-0.2, 0) is 6.54 Å². The standard InChI is InChI=1S/C13H14Cl2N4O/c14-10-6-9(7-11(16)12(10)15)13(20)18-2-1-4-19-5-3-17-8-19/h3,5-8H,1-2,4,16H2,(H,18,20). The average molecular weight is 313 g/mol. The van der Waals surface area contributed by atoms with Crippen molar-refractivity contribution < 1.29 is 4.79 Å². The van der Waals surface area contributed by atoms with Gasteiger partial charge >= 0.3 is 0 Å². The largest absolute Gasteiger partial charge is 0.397 e. The second kappa shape index (κ2) is 6.63. The monoisotopic (exact) mass is 312 g/mol. The van der Waals surface area contributed by atoms with Gasteiger partial charge in [0.15, 0.2) is 0 Å². The van der Waals surface area contributed by atoms with Gasteiger partial charge < -0.3 is 15.6 Å². The highest BCUT2D eigenvalue weighted by Gasteiger charge is 2.10. The number of hydrogen-bond donors (Lipinski definition) is 2. The van der Waals surface area contributed by atoms with Crippen molar-refractivity contribution >= 4 is 34.8 Å². The highest BCUT2D eigenvalue weighted by atomic mass is 35.5. The van der Waals surface area contributed by atoms with Crippen molar-refractivity contribution in [2.24, 2.45) is 0 Å². The van der Waals surface area contributed by atoms with Gasteiger partial charge in [-0.15, -0.1) is 0 Å². The quantitative estimate of drug-likeness (QED) is 0.658. The molecule has 0 radical (unpaired) electrons. The van der Waals surface area contributed by atoms with E-state index in [1.807, 2.05) is 10.8 Å². The van der Waals surface area contributed by atoms with Crippen LogP contribution in [0, 0.1) is 0 Å². The summed E-state index contributed by atoms with van der Waals surface area (Å²) >= 11 is 11.7. The number of hydrogen-bond acceptors (Lipinski definition) is 3. The van der Waals surface area contributed by atoms with Crippen molar-refractivity contribution in [1.29, 1.82) is 0 Å². The van der Waals surface area contributed by atoms with Crippen LogP contribution in [-0.4, -0.2) is 22.0 Å². The van der Waals surface area contributed by atoms with E-state index in [9.17, 15) is 4.79 Å². The summed E-state index contributed by atoms with van der Waals surface area (Å²) in [5.74, 6) is -0.221. The zero-order valence-electron chi connectivity index (χ0n) is 10.6. The molecular weight excluding hydrogens is 299 g/mol. The van der Waals surface area contributed by atoms with Gasteiger partial charge in [-0.25, -0.2) is 4.98 Å². The van der Waals surface area contributed by atoms with E-state index in [4.69, 9.17) is 28.9 Å². The molecule has 0 aliphatic heterocycles. The summed E-state index contributed by atoms with van der Waals surface area (Å²) in [7, 11) is 0. The lowest BCUT2D eigenvalue weighted by atomic mass is 10.2. The van der Waals surface area contributed by atoms with Crippen LogP contribution in [0.4, 0.5) is 5.69 Å². The van der Waals surface area contributed by atoms with E-state index in [2.05, 4.69) is 10.3 Å². The first kappa shape index (κ1) is 14.7. The number of carbonyl (C=O) groups is 1. The minimum absolute atomic E-state index is 0.221. The summed E-state index contributed by atoms with van der Waals surface area (Å²) in [5.41, 5.74) is 6.37. The average Bonchev–Trinajstić information content (AvgIpc) is 2.93. The van der Waals surface area contributed by atoms with Crippen LogP contribution in [0.1, 0.15) is 16.8 Å². The van der Waals surface area contributed by atoms with E-state index < -0.39 is 0 Å². The van der Waals surface area contributed by atoms with Crippen LogP contribution >= 0.6 is 23.2 Å². The Morgan fingerprint density at radius 3 is 2.85 bits per heavy atom. The fraction of sp³-hybridized carbons (Fsp3) is 0.231. The topological polar surface area (TPSA) is 72.9 Å². The first-order chi connectivity index (χ1) is 9.58. The van der Waals surface area contributed by atoms with E-state index in [0.717, 1.165) is 13.0 Å². The number of nitrogens with one attached hydrogen (secondary N) is 1. The predicted molar refractivity (Wildman–Crippen MR) is 80.1 cm³/mol. The number of benzene rings is 1. The third kappa shape index (κ3) is 3.65.